The van der Waals surface area contributed by atoms with Gasteiger partial charge in [-0.3, -0.25) is 9.59 Å². The van der Waals surface area contributed by atoms with Crippen molar-refractivity contribution in [3.63, 3.8) is 0 Å². The third-order valence-corrected chi connectivity index (χ3v) is 4.19. The standard InChI is InChI=1S/C18H18Cl2N2O2/c1-11-7-8-12(2)16(9-11)22(13(3)23)10-17(24)21-18-14(19)5-4-6-15(18)20/h4-9H,10H2,1-3H3,(H,21,24). The molecule has 0 fully saturated rings. The third kappa shape index (κ3) is 4.28. The highest BCUT2D eigenvalue weighted by Gasteiger charge is 2.19. The zero-order chi connectivity index (χ0) is 17.9. The fourth-order valence-corrected chi connectivity index (χ4v) is 2.81. The van der Waals surface area contributed by atoms with Crippen molar-refractivity contribution >= 4 is 46.4 Å². The van der Waals surface area contributed by atoms with E-state index in [1.165, 1.54) is 11.8 Å². The van der Waals surface area contributed by atoms with E-state index >= 15 is 0 Å². The highest BCUT2D eigenvalue weighted by atomic mass is 35.5. The van der Waals surface area contributed by atoms with Crippen LogP contribution in [0.25, 0.3) is 0 Å². The molecular formula is C18H18Cl2N2O2. The number of anilines is 2. The molecule has 2 aromatic carbocycles. The van der Waals surface area contributed by atoms with E-state index in [1.807, 2.05) is 32.0 Å². The summed E-state index contributed by atoms with van der Waals surface area (Å²) in [7, 11) is 0. The van der Waals surface area contributed by atoms with Crippen LogP contribution in [-0.4, -0.2) is 18.4 Å². The minimum Gasteiger partial charge on any atom is -0.322 e. The Morgan fingerprint density at radius 2 is 1.71 bits per heavy atom. The van der Waals surface area contributed by atoms with Crippen LogP contribution in [0.3, 0.4) is 0 Å². The molecule has 24 heavy (non-hydrogen) atoms. The van der Waals surface area contributed by atoms with Crippen molar-refractivity contribution in [3.8, 4) is 0 Å². The van der Waals surface area contributed by atoms with Gasteiger partial charge >= 0.3 is 0 Å². The normalized spacial score (nSPS) is 10.4. The van der Waals surface area contributed by atoms with Gasteiger partial charge in [0.25, 0.3) is 0 Å². The molecule has 1 N–H and O–H groups in total. The Balaban J connectivity index is 2.24. The maximum absolute atomic E-state index is 12.4. The predicted octanol–water partition coefficient (Wildman–Crippen LogP) is 4.60. The maximum Gasteiger partial charge on any atom is 0.244 e. The molecule has 126 valence electrons. The van der Waals surface area contributed by atoms with E-state index in [9.17, 15) is 9.59 Å². The molecule has 0 atom stereocenters. The SMILES string of the molecule is CC(=O)N(CC(=O)Nc1c(Cl)cccc1Cl)c1cc(C)ccc1C. The Bertz CT molecular complexity index is 770. The van der Waals surface area contributed by atoms with Gasteiger partial charge in [-0.1, -0.05) is 41.4 Å². The molecule has 0 bridgehead atoms. The summed E-state index contributed by atoms with van der Waals surface area (Å²) in [6, 6.07) is 10.7. The zero-order valence-corrected chi connectivity index (χ0v) is 15.2. The number of hydrogen-bond acceptors (Lipinski definition) is 2. The van der Waals surface area contributed by atoms with Crippen molar-refractivity contribution in [3.05, 3.63) is 57.6 Å². The Labute approximate surface area is 151 Å². The second-order valence-electron chi connectivity index (χ2n) is 5.54. The van der Waals surface area contributed by atoms with Crippen LogP contribution in [-0.2, 0) is 9.59 Å². The molecule has 0 aliphatic rings. The summed E-state index contributed by atoms with van der Waals surface area (Å²) < 4.78 is 0. The third-order valence-electron chi connectivity index (χ3n) is 3.56. The largest absolute Gasteiger partial charge is 0.322 e. The van der Waals surface area contributed by atoms with Crippen LogP contribution in [0.2, 0.25) is 10.0 Å². The number of aryl methyl sites for hydroxylation is 2. The van der Waals surface area contributed by atoms with Crippen LogP contribution in [0.15, 0.2) is 36.4 Å². The van der Waals surface area contributed by atoms with E-state index in [2.05, 4.69) is 5.32 Å². The van der Waals surface area contributed by atoms with Crippen molar-refractivity contribution in [1.82, 2.24) is 0 Å². The fraction of sp³-hybridized carbons (Fsp3) is 0.222. The minimum atomic E-state index is -0.374. The van der Waals surface area contributed by atoms with E-state index in [-0.39, 0.29) is 18.4 Å². The van der Waals surface area contributed by atoms with Gasteiger partial charge in [0.15, 0.2) is 0 Å². The number of carbonyl (C=O) groups is 2. The predicted molar refractivity (Wildman–Crippen MR) is 99.0 cm³/mol. The first-order valence-corrected chi connectivity index (χ1v) is 8.14. The average molecular weight is 365 g/mol. The van der Waals surface area contributed by atoms with Gasteiger partial charge in [-0.15, -0.1) is 0 Å². The Morgan fingerprint density at radius 3 is 2.29 bits per heavy atom. The van der Waals surface area contributed by atoms with E-state index < -0.39 is 0 Å². The Morgan fingerprint density at radius 1 is 1.08 bits per heavy atom. The molecule has 0 heterocycles. The topological polar surface area (TPSA) is 49.4 Å². The number of benzene rings is 2. The number of nitrogens with one attached hydrogen (secondary N) is 1. The van der Waals surface area contributed by atoms with Crippen molar-refractivity contribution in [2.24, 2.45) is 0 Å². The van der Waals surface area contributed by atoms with Gasteiger partial charge in [0, 0.05) is 12.6 Å². The van der Waals surface area contributed by atoms with Crippen molar-refractivity contribution < 1.29 is 9.59 Å². The first-order chi connectivity index (χ1) is 11.3. The summed E-state index contributed by atoms with van der Waals surface area (Å²) in [4.78, 5) is 25.8. The highest BCUT2D eigenvalue weighted by Crippen LogP contribution is 2.30. The molecule has 0 saturated carbocycles. The molecule has 0 aliphatic heterocycles. The molecule has 0 aromatic heterocycles. The summed E-state index contributed by atoms with van der Waals surface area (Å²) >= 11 is 12.1. The lowest BCUT2D eigenvalue weighted by Gasteiger charge is -2.23. The number of hydrogen-bond donors (Lipinski definition) is 1. The number of carbonyl (C=O) groups excluding carboxylic acids is 2. The number of halogens is 2. The molecule has 4 nitrogen and oxygen atoms in total. The lowest BCUT2D eigenvalue weighted by Crippen LogP contribution is -2.37. The van der Waals surface area contributed by atoms with Gasteiger partial charge < -0.3 is 10.2 Å². The summed E-state index contributed by atoms with van der Waals surface area (Å²) in [6.07, 6.45) is 0. The van der Waals surface area contributed by atoms with Crippen molar-refractivity contribution in [1.29, 1.82) is 0 Å². The zero-order valence-electron chi connectivity index (χ0n) is 13.7. The smallest absolute Gasteiger partial charge is 0.244 e. The van der Waals surface area contributed by atoms with Crippen LogP contribution < -0.4 is 10.2 Å². The Kier molecular flexibility index (Phi) is 5.86. The van der Waals surface area contributed by atoms with E-state index in [0.29, 0.717) is 21.4 Å². The first kappa shape index (κ1) is 18.3. The van der Waals surface area contributed by atoms with Crippen LogP contribution >= 0.6 is 23.2 Å². The van der Waals surface area contributed by atoms with Crippen molar-refractivity contribution in [2.75, 3.05) is 16.8 Å². The Hall–Kier alpha value is -2.04. The second-order valence-corrected chi connectivity index (χ2v) is 6.35. The number of amides is 2. The number of rotatable bonds is 4. The van der Waals surface area contributed by atoms with Gasteiger partial charge in [-0.05, 0) is 43.2 Å². The summed E-state index contributed by atoms with van der Waals surface area (Å²) in [5.74, 6) is -0.592. The van der Waals surface area contributed by atoms with Crippen LogP contribution in [0.5, 0.6) is 0 Å². The van der Waals surface area contributed by atoms with E-state index in [0.717, 1.165) is 11.1 Å². The van der Waals surface area contributed by atoms with E-state index in [1.54, 1.807) is 18.2 Å². The minimum absolute atomic E-state index is 0.124. The van der Waals surface area contributed by atoms with Crippen LogP contribution in [0.1, 0.15) is 18.1 Å². The van der Waals surface area contributed by atoms with Gasteiger partial charge in [0.05, 0.1) is 15.7 Å². The molecule has 6 heteroatoms. The first-order valence-electron chi connectivity index (χ1n) is 7.39. The van der Waals surface area contributed by atoms with Gasteiger partial charge in [-0.2, -0.15) is 0 Å². The molecule has 0 radical (unpaired) electrons. The molecule has 2 rings (SSSR count). The highest BCUT2D eigenvalue weighted by molar-refractivity contribution is 6.39. The molecule has 0 saturated heterocycles. The molecule has 0 unspecified atom stereocenters. The lowest BCUT2D eigenvalue weighted by molar-refractivity contribution is -0.120. The number of nitrogens with zero attached hydrogens (tertiary/aromatic N) is 1. The summed E-state index contributed by atoms with van der Waals surface area (Å²) in [5.41, 5.74) is 2.98. The van der Waals surface area contributed by atoms with Gasteiger partial charge in [-0.25, -0.2) is 0 Å². The average Bonchev–Trinajstić information content (AvgIpc) is 2.51. The lowest BCUT2D eigenvalue weighted by atomic mass is 10.1. The quantitative estimate of drug-likeness (QED) is 0.861. The maximum atomic E-state index is 12.4. The fourth-order valence-electron chi connectivity index (χ4n) is 2.32. The molecule has 0 aliphatic carbocycles. The van der Waals surface area contributed by atoms with Crippen LogP contribution in [0, 0.1) is 13.8 Å². The molecular weight excluding hydrogens is 347 g/mol. The summed E-state index contributed by atoms with van der Waals surface area (Å²) in [6.45, 7) is 5.14. The molecule has 2 amide bonds. The summed E-state index contributed by atoms with van der Waals surface area (Å²) in [5, 5.41) is 3.36. The van der Waals surface area contributed by atoms with Crippen molar-refractivity contribution in [2.45, 2.75) is 20.8 Å². The molecule has 0 spiro atoms. The van der Waals surface area contributed by atoms with E-state index in [4.69, 9.17) is 23.2 Å². The second kappa shape index (κ2) is 7.69. The molecule has 2 aromatic rings. The number of para-hydroxylation sites is 1. The van der Waals surface area contributed by atoms with Gasteiger partial charge in [0.1, 0.15) is 6.54 Å². The van der Waals surface area contributed by atoms with Gasteiger partial charge in [0.2, 0.25) is 11.8 Å². The van der Waals surface area contributed by atoms with Crippen LogP contribution in [0.4, 0.5) is 11.4 Å². The monoisotopic (exact) mass is 364 g/mol.